The van der Waals surface area contributed by atoms with E-state index in [4.69, 9.17) is 11.2 Å². The number of benzene rings is 1. The molecule has 0 fully saturated rings. The second-order valence-corrected chi connectivity index (χ2v) is 4.89. The molecule has 1 aromatic rings. The van der Waals surface area contributed by atoms with Gasteiger partial charge in [0.05, 0.1) is 7.11 Å². The Bertz CT molecular complexity index is 485. The molecule has 0 aliphatic rings. The van der Waals surface area contributed by atoms with Crippen molar-refractivity contribution in [2.75, 3.05) is 7.11 Å². The smallest absolute Gasteiger partial charge is 0.316 e. The monoisotopic (exact) mass is 272 g/mol. The molecule has 1 rings (SSSR count). The fourth-order valence-electron chi connectivity index (χ4n) is 2.26. The molecule has 0 amide bonds. The molecule has 3 nitrogen and oxygen atoms in total. The molecule has 3 heteroatoms. The summed E-state index contributed by atoms with van der Waals surface area (Å²) in [5.41, 5.74) is 1.15. The number of carbonyl (C=O) groups is 2. The van der Waals surface area contributed by atoms with E-state index in [9.17, 15) is 9.59 Å². The third-order valence-corrected chi connectivity index (χ3v) is 3.32. The SMILES string of the molecule is C#CCC(Cc1ccccc1)CC(C(C)=O)C(=O)OC. The maximum Gasteiger partial charge on any atom is 0.316 e. The lowest BCUT2D eigenvalue weighted by atomic mass is 9.86. The Balaban J connectivity index is 2.78. The van der Waals surface area contributed by atoms with Gasteiger partial charge in [0.2, 0.25) is 0 Å². The molecule has 0 aromatic heterocycles. The molecule has 0 saturated carbocycles. The first-order valence-electron chi connectivity index (χ1n) is 6.64. The maximum absolute atomic E-state index is 11.7. The maximum atomic E-state index is 11.7. The number of hydrogen-bond acceptors (Lipinski definition) is 3. The Labute approximate surface area is 120 Å². The van der Waals surface area contributed by atoms with Crippen molar-refractivity contribution in [3.8, 4) is 12.3 Å². The molecule has 106 valence electrons. The number of Topliss-reactive ketones (excluding diaryl/α,β-unsaturated/α-hetero) is 1. The van der Waals surface area contributed by atoms with Crippen LogP contribution in [0.2, 0.25) is 0 Å². The van der Waals surface area contributed by atoms with Gasteiger partial charge in [0, 0.05) is 6.42 Å². The van der Waals surface area contributed by atoms with Gasteiger partial charge in [0.25, 0.3) is 0 Å². The first-order chi connectivity index (χ1) is 9.58. The lowest BCUT2D eigenvalue weighted by Crippen LogP contribution is -2.26. The van der Waals surface area contributed by atoms with E-state index in [-0.39, 0.29) is 11.7 Å². The Kier molecular flexibility index (Phi) is 6.52. The van der Waals surface area contributed by atoms with E-state index in [1.165, 1.54) is 14.0 Å². The highest BCUT2D eigenvalue weighted by atomic mass is 16.5. The standard InChI is InChI=1S/C17H20O3/c1-4-8-15(11-14-9-6-5-7-10-14)12-16(13(2)18)17(19)20-3/h1,5-7,9-10,15-16H,8,11-12H2,2-3H3. The van der Waals surface area contributed by atoms with Gasteiger partial charge in [-0.05, 0) is 31.2 Å². The minimum absolute atomic E-state index is 0.0930. The van der Waals surface area contributed by atoms with Gasteiger partial charge in [-0.3, -0.25) is 9.59 Å². The second kappa shape index (κ2) is 8.16. The molecule has 0 radical (unpaired) electrons. The predicted molar refractivity (Wildman–Crippen MR) is 77.9 cm³/mol. The summed E-state index contributed by atoms with van der Waals surface area (Å²) in [6.45, 7) is 1.41. The number of esters is 1. The summed E-state index contributed by atoms with van der Waals surface area (Å²) < 4.78 is 4.69. The van der Waals surface area contributed by atoms with Gasteiger partial charge in [-0.25, -0.2) is 0 Å². The molecule has 0 heterocycles. The third kappa shape index (κ3) is 4.89. The van der Waals surface area contributed by atoms with Crippen molar-refractivity contribution in [2.24, 2.45) is 11.8 Å². The van der Waals surface area contributed by atoms with Crippen LogP contribution in [-0.2, 0) is 20.7 Å². The van der Waals surface area contributed by atoms with Crippen LogP contribution in [0.3, 0.4) is 0 Å². The lowest BCUT2D eigenvalue weighted by Gasteiger charge is -2.19. The van der Waals surface area contributed by atoms with E-state index in [1.807, 2.05) is 30.3 Å². The van der Waals surface area contributed by atoms with Gasteiger partial charge in [0.1, 0.15) is 11.7 Å². The number of terminal acetylenes is 1. The quantitative estimate of drug-likeness (QED) is 0.435. The lowest BCUT2D eigenvalue weighted by molar-refractivity contribution is -0.149. The van der Waals surface area contributed by atoms with Crippen LogP contribution in [0.1, 0.15) is 25.3 Å². The van der Waals surface area contributed by atoms with Crippen LogP contribution < -0.4 is 0 Å². The van der Waals surface area contributed by atoms with E-state index in [2.05, 4.69) is 5.92 Å². The van der Waals surface area contributed by atoms with Gasteiger partial charge >= 0.3 is 5.97 Å². The van der Waals surface area contributed by atoms with Crippen LogP contribution in [0.5, 0.6) is 0 Å². The van der Waals surface area contributed by atoms with Crippen LogP contribution in [-0.4, -0.2) is 18.9 Å². The average Bonchev–Trinajstić information content (AvgIpc) is 2.44. The Morgan fingerprint density at radius 1 is 1.30 bits per heavy atom. The molecule has 1 aromatic carbocycles. The molecule has 0 aliphatic heterocycles. The molecule has 0 bridgehead atoms. The molecule has 0 saturated heterocycles. The summed E-state index contributed by atoms with van der Waals surface area (Å²) in [6, 6.07) is 9.91. The van der Waals surface area contributed by atoms with Crippen molar-refractivity contribution in [3.63, 3.8) is 0 Å². The first-order valence-corrected chi connectivity index (χ1v) is 6.64. The molecule has 2 unspecified atom stereocenters. The van der Waals surface area contributed by atoms with Crippen molar-refractivity contribution in [1.29, 1.82) is 0 Å². The molecular formula is C17H20O3. The van der Waals surface area contributed by atoms with Gasteiger partial charge in [0.15, 0.2) is 0 Å². The summed E-state index contributed by atoms with van der Waals surface area (Å²) in [4.78, 5) is 23.2. The molecule has 0 spiro atoms. The van der Waals surface area contributed by atoms with Gasteiger partial charge < -0.3 is 4.74 Å². The zero-order valence-electron chi connectivity index (χ0n) is 12.0. The zero-order valence-corrected chi connectivity index (χ0v) is 12.0. The van der Waals surface area contributed by atoms with Crippen molar-refractivity contribution >= 4 is 11.8 Å². The second-order valence-electron chi connectivity index (χ2n) is 4.89. The molecule has 2 atom stereocenters. The largest absolute Gasteiger partial charge is 0.468 e. The van der Waals surface area contributed by atoms with Crippen LogP contribution in [0.15, 0.2) is 30.3 Å². The van der Waals surface area contributed by atoms with Gasteiger partial charge in [-0.15, -0.1) is 12.3 Å². The van der Waals surface area contributed by atoms with Gasteiger partial charge in [-0.2, -0.15) is 0 Å². The minimum Gasteiger partial charge on any atom is -0.468 e. The zero-order chi connectivity index (χ0) is 15.0. The number of carbonyl (C=O) groups excluding carboxylic acids is 2. The summed E-state index contributed by atoms with van der Waals surface area (Å²) >= 11 is 0. The van der Waals surface area contributed by atoms with Crippen LogP contribution in [0.4, 0.5) is 0 Å². The Morgan fingerprint density at radius 2 is 1.95 bits per heavy atom. The normalized spacial score (nSPS) is 13.1. The highest BCUT2D eigenvalue weighted by Gasteiger charge is 2.27. The molecule has 20 heavy (non-hydrogen) atoms. The number of ketones is 1. The van der Waals surface area contributed by atoms with Crippen molar-refractivity contribution in [1.82, 2.24) is 0 Å². The van der Waals surface area contributed by atoms with E-state index in [1.54, 1.807) is 0 Å². The number of rotatable bonds is 7. The summed E-state index contributed by atoms with van der Waals surface area (Å²) in [5.74, 6) is 1.35. The van der Waals surface area contributed by atoms with Crippen molar-refractivity contribution in [3.05, 3.63) is 35.9 Å². The van der Waals surface area contributed by atoms with Crippen LogP contribution in [0, 0.1) is 24.2 Å². The average molecular weight is 272 g/mol. The predicted octanol–water partition coefficient (Wildman–Crippen LogP) is 2.64. The van der Waals surface area contributed by atoms with Crippen molar-refractivity contribution < 1.29 is 14.3 Å². The topological polar surface area (TPSA) is 43.4 Å². The first kappa shape index (κ1) is 16.0. The van der Waals surface area contributed by atoms with E-state index in [0.29, 0.717) is 12.8 Å². The fraction of sp³-hybridized carbons (Fsp3) is 0.412. The molecule has 0 N–H and O–H groups in total. The number of methoxy groups -OCH3 is 1. The van der Waals surface area contributed by atoms with Crippen LogP contribution in [0.25, 0.3) is 0 Å². The van der Waals surface area contributed by atoms with Crippen LogP contribution >= 0.6 is 0 Å². The van der Waals surface area contributed by atoms with E-state index < -0.39 is 11.9 Å². The van der Waals surface area contributed by atoms with Gasteiger partial charge in [-0.1, -0.05) is 30.3 Å². The minimum atomic E-state index is -0.720. The number of ether oxygens (including phenoxy) is 1. The third-order valence-electron chi connectivity index (χ3n) is 3.32. The molecular weight excluding hydrogens is 252 g/mol. The Hall–Kier alpha value is -2.08. The molecule has 0 aliphatic carbocycles. The summed E-state index contributed by atoms with van der Waals surface area (Å²) in [7, 11) is 1.30. The summed E-state index contributed by atoms with van der Waals surface area (Å²) in [5, 5.41) is 0. The number of hydrogen-bond donors (Lipinski definition) is 0. The summed E-state index contributed by atoms with van der Waals surface area (Å²) in [6.07, 6.45) is 7.12. The Morgan fingerprint density at radius 3 is 2.45 bits per heavy atom. The van der Waals surface area contributed by atoms with Crippen molar-refractivity contribution in [2.45, 2.75) is 26.2 Å². The highest BCUT2D eigenvalue weighted by molar-refractivity contribution is 5.97. The van der Waals surface area contributed by atoms with E-state index in [0.717, 1.165) is 12.0 Å². The van der Waals surface area contributed by atoms with E-state index >= 15 is 0 Å². The highest BCUT2D eigenvalue weighted by Crippen LogP contribution is 2.22. The fourth-order valence-corrected chi connectivity index (χ4v) is 2.26.